The summed E-state index contributed by atoms with van der Waals surface area (Å²) in [4.78, 5) is 11.3. The molecular weight excluding hydrogens is 399 g/mol. The van der Waals surface area contributed by atoms with Crippen molar-refractivity contribution in [2.24, 2.45) is 5.92 Å². The van der Waals surface area contributed by atoms with E-state index >= 15 is 0 Å². The number of halogens is 5. The van der Waals surface area contributed by atoms with E-state index in [1.807, 2.05) is 18.2 Å². The number of fused-ring (bicyclic) bond motifs is 1. The Hall–Kier alpha value is -2.55. The third-order valence-corrected chi connectivity index (χ3v) is 5.74. The highest BCUT2D eigenvalue weighted by Crippen LogP contribution is 3.02. The highest BCUT2D eigenvalue weighted by atomic mass is 32.5. The molecule has 152 valence electrons. The Bertz CT molecular complexity index is 913. The van der Waals surface area contributed by atoms with E-state index in [1.54, 1.807) is 11.0 Å². The molecule has 0 aromatic heterocycles. The lowest BCUT2D eigenvalue weighted by Gasteiger charge is -2.41. The lowest BCUT2D eigenvalue weighted by Crippen LogP contribution is -2.38. The molecule has 0 saturated heterocycles. The van der Waals surface area contributed by atoms with Crippen LogP contribution >= 0.6 is 10.2 Å². The third kappa shape index (κ3) is 4.46. The predicted molar refractivity (Wildman–Crippen MR) is 102 cm³/mol. The van der Waals surface area contributed by atoms with Gasteiger partial charge in [0.1, 0.15) is 4.90 Å². The SMILES string of the molecule is C=CC(=O)NCC1Cc2ccccc2N(c2ccc(S(F)(F)(F)(F)F)cc2)C1. The number of rotatable bonds is 5. The summed E-state index contributed by atoms with van der Waals surface area (Å²) in [5.41, 5.74) is 2.13. The molecule has 1 aliphatic heterocycles. The van der Waals surface area contributed by atoms with Gasteiger partial charge in [0.2, 0.25) is 5.91 Å². The van der Waals surface area contributed by atoms with Crippen LogP contribution in [0.5, 0.6) is 0 Å². The summed E-state index contributed by atoms with van der Waals surface area (Å²) >= 11 is 0. The largest absolute Gasteiger partial charge is 0.352 e. The third-order valence-electron chi connectivity index (χ3n) is 4.58. The average molecular weight is 418 g/mol. The Balaban J connectivity index is 1.91. The molecule has 1 heterocycles. The van der Waals surface area contributed by atoms with E-state index in [4.69, 9.17) is 0 Å². The highest BCUT2D eigenvalue weighted by molar-refractivity contribution is 8.45. The van der Waals surface area contributed by atoms with E-state index < -0.39 is 15.1 Å². The number of benzene rings is 2. The van der Waals surface area contributed by atoms with Gasteiger partial charge in [0.05, 0.1) is 0 Å². The van der Waals surface area contributed by atoms with Crippen LogP contribution in [-0.2, 0) is 11.2 Å². The van der Waals surface area contributed by atoms with Gasteiger partial charge in [-0.2, -0.15) is 0 Å². The van der Waals surface area contributed by atoms with Gasteiger partial charge in [0.15, 0.2) is 0 Å². The first-order chi connectivity index (χ1) is 12.9. The molecular formula is C19H19F5N2OS. The van der Waals surface area contributed by atoms with Gasteiger partial charge in [-0.1, -0.05) is 44.2 Å². The van der Waals surface area contributed by atoms with Crippen molar-refractivity contribution in [1.82, 2.24) is 5.32 Å². The molecule has 0 fully saturated rings. The molecule has 0 radical (unpaired) electrons. The quantitative estimate of drug-likeness (QED) is 0.480. The van der Waals surface area contributed by atoms with Gasteiger partial charge in [0.25, 0.3) is 0 Å². The fraction of sp³-hybridized carbons (Fsp3) is 0.211. The highest BCUT2D eigenvalue weighted by Gasteiger charge is 2.65. The van der Waals surface area contributed by atoms with Crippen molar-refractivity contribution in [2.45, 2.75) is 11.3 Å². The van der Waals surface area contributed by atoms with Crippen molar-refractivity contribution in [3.05, 3.63) is 66.7 Å². The number of anilines is 2. The molecule has 1 atom stereocenters. The van der Waals surface area contributed by atoms with Gasteiger partial charge in [0, 0.05) is 24.5 Å². The molecule has 3 nitrogen and oxygen atoms in total. The average Bonchev–Trinajstić information content (AvgIpc) is 2.63. The lowest BCUT2D eigenvalue weighted by atomic mass is 9.92. The molecule has 1 N–H and O–H groups in total. The van der Waals surface area contributed by atoms with Crippen LogP contribution < -0.4 is 10.2 Å². The molecule has 1 aliphatic rings. The topological polar surface area (TPSA) is 32.3 Å². The number of carbonyl (C=O) groups excluding carboxylic acids is 1. The van der Waals surface area contributed by atoms with Crippen LogP contribution in [0.25, 0.3) is 0 Å². The Morgan fingerprint density at radius 1 is 1.11 bits per heavy atom. The van der Waals surface area contributed by atoms with E-state index in [9.17, 15) is 24.2 Å². The van der Waals surface area contributed by atoms with Crippen molar-refractivity contribution in [3.8, 4) is 0 Å². The maximum atomic E-state index is 13.0. The summed E-state index contributed by atoms with van der Waals surface area (Å²) in [6, 6.07) is 10.3. The van der Waals surface area contributed by atoms with Crippen molar-refractivity contribution >= 4 is 27.5 Å². The van der Waals surface area contributed by atoms with E-state index in [0.717, 1.165) is 29.5 Å². The van der Waals surface area contributed by atoms with E-state index in [1.165, 1.54) is 0 Å². The first-order valence-corrected chi connectivity index (χ1v) is 10.4. The van der Waals surface area contributed by atoms with Gasteiger partial charge in [-0.25, -0.2) is 0 Å². The van der Waals surface area contributed by atoms with Gasteiger partial charge in [-0.3, -0.25) is 4.79 Å². The van der Waals surface area contributed by atoms with Gasteiger partial charge in [-0.15, -0.1) is 0 Å². The van der Waals surface area contributed by atoms with Crippen LogP contribution in [0.1, 0.15) is 5.56 Å². The maximum Gasteiger partial charge on any atom is 0.310 e. The van der Waals surface area contributed by atoms with Crippen LogP contribution in [0.2, 0.25) is 0 Å². The molecule has 2 aromatic carbocycles. The zero-order valence-electron chi connectivity index (χ0n) is 14.8. The first-order valence-electron chi connectivity index (χ1n) is 8.47. The fourth-order valence-electron chi connectivity index (χ4n) is 3.26. The number of hydrogen-bond donors (Lipinski definition) is 1. The smallest absolute Gasteiger partial charge is 0.310 e. The maximum absolute atomic E-state index is 13.0. The molecule has 9 heteroatoms. The Morgan fingerprint density at radius 2 is 1.75 bits per heavy atom. The molecule has 28 heavy (non-hydrogen) atoms. The number of carbonyl (C=O) groups is 1. The minimum absolute atomic E-state index is 0.00547. The summed E-state index contributed by atoms with van der Waals surface area (Å²) < 4.78 is 64.9. The molecule has 2 aromatic rings. The minimum Gasteiger partial charge on any atom is -0.352 e. The van der Waals surface area contributed by atoms with E-state index in [-0.39, 0.29) is 11.8 Å². The van der Waals surface area contributed by atoms with Crippen LogP contribution in [0.4, 0.5) is 30.8 Å². The number of nitrogens with one attached hydrogen (secondary N) is 1. The molecule has 0 spiro atoms. The second-order valence-electron chi connectivity index (χ2n) is 6.72. The normalized spacial score (nSPS) is 19.2. The Kier molecular flexibility index (Phi) is 4.49. The number of para-hydroxylation sites is 1. The predicted octanol–water partition coefficient (Wildman–Crippen LogP) is 5.96. The van der Waals surface area contributed by atoms with Gasteiger partial charge in [-0.05, 0) is 54.3 Å². The summed E-state index contributed by atoms with van der Waals surface area (Å²) in [6.45, 7) is 4.17. The Morgan fingerprint density at radius 3 is 2.36 bits per heavy atom. The summed E-state index contributed by atoms with van der Waals surface area (Å²) in [5, 5.41) is 2.72. The lowest BCUT2D eigenvalue weighted by molar-refractivity contribution is -0.116. The molecule has 1 unspecified atom stereocenters. The zero-order valence-corrected chi connectivity index (χ0v) is 15.6. The second kappa shape index (κ2) is 6.23. The monoisotopic (exact) mass is 418 g/mol. The molecule has 0 saturated carbocycles. The van der Waals surface area contributed by atoms with Crippen LogP contribution in [0.15, 0.2) is 66.1 Å². The second-order valence-corrected chi connectivity index (χ2v) is 9.13. The van der Waals surface area contributed by atoms with E-state index in [0.29, 0.717) is 37.3 Å². The van der Waals surface area contributed by atoms with Gasteiger partial charge >= 0.3 is 10.2 Å². The zero-order chi connectivity index (χ0) is 20.6. The molecule has 0 bridgehead atoms. The van der Waals surface area contributed by atoms with Crippen LogP contribution in [0, 0.1) is 5.92 Å². The first kappa shape index (κ1) is 20.2. The standard InChI is InChI=1S/C19H19F5N2OS/c1-2-19(27)25-12-14-11-15-5-3-4-6-18(15)26(13-14)16-7-9-17(10-8-16)28(20,21,22,23)24/h2-10,14H,1,11-13H2,(H,25,27). The van der Waals surface area contributed by atoms with Crippen molar-refractivity contribution in [1.29, 1.82) is 0 Å². The number of nitrogens with zero attached hydrogens (tertiary/aromatic N) is 1. The van der Waals surface area contributed by atoms with Gasteiger partial charge < -0.3 is 10.2 Å². The summed E-state index contributed by atoms with van der Waals surface area (Å²) in [7, 11) is -9.71. The van der Waals surface area contributed by atoms with Crippen LogP contribution in [0.3, 0.4) is 0 Å². The fourth-order valence-corrected chi connectivity index (χ4v) is 3.91. The molecule has 1 amide bonds. The van der Waals surface area contributed by atoms with Crippen molar-refractivity contribution in [3.63, 3.8) is 0 Å². The van der Waals surface area contributed by atoms with E-state index in [2.05, 4.69) is 11.9 Å². The minimum atomic E-state index is -9.71. The Labute approximate surface area is 159 Å². The summed E-state index contributed by atoms with van der Waals surface area (Å²) in [6.07, 6.45) is 1.83. The summed E-state index contributed by atoms with van der Waals surface area (Å²) in [5.74, 6) is -0.320. The van der Waals surface area contributed by atoms with Crippen LogP contribution in [-0.4, -0.2) is 19.0 Å². The molecule has 0 aliphatic carbocycles. The number of hydrogen-bond acceptors (Lipinski definition) is 2. The van der Waals surface area contributed by atoms with Crippen molar-refractivity contribution < 1.29 is 24.2 Å². The molecule has 3 rings (SSSR count). The number of amides is 1. The van der Waals surface area contributed by atoms with Crippen molar-refractivity contribution in [2.75, 3.05) is 18.0 Å².